The molecule has 0 fully saturated rings. The summed E-state index contributed by atoms with van der Waals surface area (Å²) >= 11 is 0. The van der Waals surface area contributed by atoms with E-state index in [0.717, 1.165) is 11.1 Å². The van der Waals surface area contributed by atoms with Gasteiger partial charge in [0.15, 0.2) is 0 Å². The van der Waals surface area contributed by atoms with Crippen LogP contribution in [0.3, 0.4) is 0 Å². The van der Waals surface area contributed by atoms with Crippen molar-refractivity contribution in [3.05, 3.63) is 36.7 Å². The topological polar surface area (TPSA) is 136 Å². The molecule has 1 atom stereocenters. The number of carbonyl (C=O) groups excluding carboxylic acids is 1. The van der Waals surface area contributed by atoms with E-state index in [4.69, 9.17) is 0 Å². The molecule has 0 spiro atoms. The number of urea groups is 1. The van der Waals surface area contributed by atoms with Crippen LogP contribution >= 0.6 is 0 Å². The Kier molecular flexibility index (Phi) is 4.82. The van der Waals surface area contributed by atoms with Crippen LogP contribution in [-0.2, 0) is 4.79 Å². The van der Waals surface area contributed by atoms with Crippen molar-refractivity contribution in [2.24, 2.45) is 11.0 Å². The second-order valence-corrected chi connectivity index (χ2v) is 6.49. The van der Waals surface area contributed by atoms with Crippen molar-refractivity contribution in [2.45, 2.75) is 6.92 Å². The van der Waals surface area contributed by atoms with Crippen LogP contribution in [-0.4, -0.2) is 51.4 Å². The van der Waals surface area contributed by atoms with E-state index in [2.05, 4.69) is 30.7 Å². The predicted octanol–water partition coefficient (Wildman–Crippen LogP) is 2.27. The van der Waals surface area contributed by atoms with Crippen LogP contribution in [0.4, 0.5) is 16.4 Å². The monoisotopic (exact) mass is 393 g/mol. The van der Waals surface area contributed by atoms with E-state index in [1.54, 1.807) is 17.4 Å². The molecule has 10 nitrogen and oxygen atoms in total. The third kappa shape index (κ3) is 3.72. The molecule has 3 heterocycles. The minimum absolute atomic E-state index is 0.207. The van der Waals surface area contributed by atoms with E-state index in [9.17, 15) is 14.7 Å². The quantitative estimate of drug-likeness (QED) is 0.525. The van der Waals surface area contributed by atoms with Crippen molar-refractivity contribution in [3.63, 3.8) is 0 Å². The number of hydrazone groups is 1. The molecule has 4 rings (SSSR count). The summed E-state index contributed by atoms with van der Waals surface area (Å²) in [6.45, 7) is 2.52. The number of anilines is 2. The van der Waals surface area contributed by atoms with E-state index in [1.165, 1.54) is 6.21 Å². The molecule has 0 bridgehead atoms. The number of rotatable bonds is 5. The highest BCUT2D eigenvalue weighted by molar-refractivity contribution is 5.98. The smallest absolute Gasteiger partial charge is 0.321 e. The standard InChI is InChI=1S/C19H19N7O3/c1-2-21-19(29)25-18-23-14-6-12(11-4-3-5-20-8-11)7-15(16(14)24-18)26-10-13(9-22-26)17(27)28/h3-9,13H,2,10H2,1H3,(H,27,28)(H3,21,23,24,25,29). The Morgan fingerprint density at radius 1 is 1.34 bits per heavy atom. The largest absolute Gasteiger partial charge is 0.481 e. The van der Waals surface area contributed by atoms with Gasteiger partial charge in [0.25, 0.3) is 0 Å². The zero-order valence-electron chi connectivity index (χ0n) is 15.6. The number of carboxylic acids is 1. The lowest BCUT2D eigenvalue weighted by Gasteiger charge is -2.17. The van der Waals surface area contributed by atoms with E-state index < -0.39 is 11.9 Å². The molecule has 0 saturated heterocycles. The summed E-state index contributed by atoms with van der Waals surface area (Å²) < 4.78 is 0. The van der Waals surface area contributed by atoms with E-state index >= 15 is 0 Å². The molecule has 2 amide bonds. The Morgan fingerprint density at radius 2 is 2.21 bits per heavy atom. The molecule has 29 heavy (non-hydrogen) atoms. The first-order valence-corrected chi connectivity index (χ1v) is 9.08. The third-order valence-electron chi connectivity index (χ3n) is 4.49. The molecule has 1 aliphatic rings. The molecular formula is C19H19N7O3. The zero-order valence-corrected chi connectivity index (χ0v) is 15.6. The molecular weight excluding hydrogens is 374 g/mol. The summed E-state index contributed by atoms with van der Waals surface area (Å²) in [4.78, 5) is 34.9. The highest BCUT2D eigenvalue weighted by atomic mass is 16.4. The number of imidazole rings is 1. The fraction of sp³-hybridized carbons (Fsp3) is 0.211. The number of benzene rings is 1. The van der Waals surface area contributed by atoms with Gasteiger partial charge in [-0.2, -0.15) is 5.10 Å². The van der Waals surface area contributed by atoms with Gasteiger partial charge in [-0.25, -0.2) is 9.78 Å². The van der Waals surface area contributed by atoms with Gasteiger partial charge in [-0.3, -0.25) is 20.1 Å². The molecule has 1 aromatic carbocycles. The first kappa shape index (κ1) is 18.4. The summed E-state index contributed by atoms with van der Waals surface area (Å²) in [5.74, 6) is -1.34. The normalized spacial score (nSPS) is 15.6. The van der Waals surface area contributed by atoms with Crippen molar-refractivity contribution in [2.75, 3.05) is 23.4 Å². The van der Waals surface area contributed by atoms with Crippen molar-refractivity contribution < 1.29 is 14.7 Å². The van der Waals surface area contributed by atoms with Gasteiger partial charge in [0.05, 0.1) is 23.3 Å². The average Bonchev–Trinajstić information content (AvgIpc) is 3.35. The minimum atomic E-state index is -0.931. The van der Waals surface area contributed by atoms with Crippen molar-refractivity contribution in [1.82, 2.24) is 20.3 Å². The number of nitrogens with zero attached hydrogens (tertiary/aromatic N) is 4. The molecule has 0 aliphatic carbocycles. The molecule has 148 valence electrons. The number of hydrogen-bond acceptors (Lipinski definition) is 6. The fourth-order valence-electron chi connectivity index (χ4n) is 3.11. The van der Waals surface area contributed by atoms with Crippen LogP contribution in [0, 0.1) is 5.92 Å². The van der Waals surface area contributed by atoms with Crippen molar-refractivity contribution in [3.8, 4) is 11.1 Å². The molecule has 10 heteroatoms. The SMILES string of the molecule is CCNC(=O)Nc1nc2cc(-c3cccnc3)cc(N3CC(C(=O)O)C=N3)c2[nH]1. The first-order chi connectivity index (χ1) is 14.0. The van der Waals surface area contributed by atoms with Crippen molar-refractivity contribution >= 4 is 40.9 Å². The zero-order chi connectivity index (χ0) is 20.4. The number of aromatic nitrogens is 3. The number of aromatic amines is 1. The summed E-state index contributed by atoms with van der Waals surface area (Å²) in [6, 6.07) is 7.16. The number of amides is 2. The van der Waals surface area contributed by atoms with Crippen LogP contribution < -0.4 is 15.6 Å². The number of nitrogens with one attached hydrogen (secondary N) is 3. The number of carboxylic acid groups (broad SMARTS) is 1. The third-order valence-corrected chi connectivity index (χ3v) is 4.49. The second kappa shape index (κ2) is 7.58. The van der Waals surface area contributed by atoms with Crippen LogP contribution in [0.15, 0.2) is 41.8 Å². The second-order valence-electron chi connectivity index (χ2n) is 6.49. The molecule has 3 aromatic rings. The molecule has 2 aromatic heterocycles. The van der Waals surface area contributed by atoms with Crippen molar-refractivity contribution in [1.29, 1.82) is 0 Å². The van der Waals surface area contributed by atoms with Gasteiger partial charge in [-0.05, 0) is 30.7 Å². The molecule has 0 radical (unpaired) electrons. The highest BCUT2D eigenvalue weighted by Gasteiger charge is 2.27. The fourth-order valence-corrected chi connectivity index (χ4v) is 3.11. The Morgan fingerprint density at radius 3 is 2.90 bits per heavy atom. The number of carbonyl (C=O) groups is 2. The number of aliphatic carboxylic acids is 1. The molecule has 4 N–H and O–H groups in total. The van der Waals surface area contributed by atoms with Crippen LogP contribution in [0.1, 0.15) is 6.92 Å². The minimum Gasteiger partial charge on any atom is -0.481 e. The average molecular weight is 393 g/mol. The van der Waals surface area contributed by atoms with Gasteiger partial charge in [0.2, 0.25) is 5.95 Å². The van der Waals surface area contributed by atoms with Crippen LogP contribution in [0.5, 0.6) is 0 Å². The summed E-state index contributed by atoms with van der Waals surface area (Å²) in [6.07, 6.45) is 4.84. The van der Waals surface area contributed by atoms with Crippen LogP contribution in [0.25, 0.3) is 22.2 Å². The van der Waals surface area contributed by atoms with Gasteiger partial charge in [0, 0.05) is 30.7 Å². The summed E-state index contributed by atoms with van der Waals surface area (Å²) in [5.41, 5.74) is 3.66. The lowest BCUT2D eigenvalue weighted by molar-refractivity contribution is -0.138. The molecule has 1 aliphatic heterocycles. The lowest BCUT2D eigenvalue weighted by atomic mass is 10.1. The predicted molar refractivity (Wildman–Crippen MR) is 109 cm³/mol. The summed E-state index contributed by atoms with van der Waals surface area (Å²) in [7, 11) is 0. The van der Waals surface area contributed by atoms with Gasteiger partial charge in [-0.15, -0.1) is 0 Å². The maximum Gasteiger partial charge on any atom is 0.321 e. The molecule has 0 saturated carbocycles. The Bertz CT molecular complexity index is 1090. The molecule has 1 unspecified atom stereocenters. The van der Waals surface area contributed by atoms with E-state index in [1.807, 2.05) is 31.2 Å². The van der Waals surface area contributed by atoms with Crippen LogP contribution in [0.2, 0.25) is 0 Å². The van der Waals surface area contributed by atoms with Gasteiger partial charge in [0.1, 0.15) is 5.92 Å². The van der Waals surface area contributed by atoms with E-state index in [0.29, 0.717) is 23.3 Å². The number of hydrogen-bond donors (Lipinski definition) is 4. The summed E-state index contributed by atoms with van der Waals surface area (Å²) in [5, 5.41) is 20.5. The number of H-pyrrole nitrogens is 1. The van der Waals surface area contributed by atoms with Gasteiger partial charge in [-0.1, -0.05) is 6.07 Å². The first-order valence-electron chi connectivity index (χ1n) is 9.08. The maximum atomic E-state index is 11.8. The Balaban J connectivity index is 1.78. The Hall–Kier alpha value is -3.95. The number of pyridine rings is 1. The maximum absolute atomic E-state index is 11.8. The van der Waals surface area contributed by atoms with Gasteiger partial charge >= 0.3 is 12.0 Å². The van der Waals surface area contributed by atoms with Gasteiger partial charge < -0.3 is 15.4 Å². The highest BCUT2D eigenvalue weighted by Crippen LogP contribution is 2.34. The lowest BCUT2D eigenvalue weighted by Crippen LogP contribution is -2.28. The van der Waals surface area contributed by atoms with E-state index in [-0.39, 0.29) is 18.5 Å². The number of fused-ring (bicyclic) bond motifs is 1. The Labute approximate surface area is 165 Å².